The third-order valence-corrected chi connectivity index (χ3v) is 5.19. The molecule has 2 aromatic carbocycles. The van der Waals surface area contributed by atoms with Crippen molar-refractivity contribution < 1.29 is 8.81 Å². The van der Waals surface area contributed by atoms with Gasteiger partial charge in [-0.3, -0.25) is 4.57 Å². The Bertz CT molecular complexity index is 1100. The number of aromatic amines is 1. The lowest BCUT2D eigenvalue weighted by Crippen LogP contribution is -2.18. The SMILES string of the molecule is O=c1[nH]nc(SCc2coc(-c3ccc(F)cc3)n2)n1CCc1ccccc1. The van der Waals surface area contributed by atoms with Gasteiger partial charge in [0.25, 0.3) is 0 Å². The monoisotopic (exact) mass is 396 g/mol. The van der Waals surface area contributed by atoms with Crippen molar-refractivity contribution in [3.8, 4) is 11.5 Å². The molecule has 0 unspecified atom stereocenters. The van der Waals surface area contributed by atoms with Crippen LogP contribution in [0.5, 0.6) is 0 Å². The fourth-order valence-corrected chi connectivity index (χ4v) is 3.58. The summed E-state index contributed by atoms with van der Waals surface area (Å²) >= 11 is 1.41. The van der Waals surface area contributed by atoms with E-state index in [1.54, 1.807) is 23.0 Å². The lowest BCUT2D eigenvalue weighted by molar-refractivity contribution is 0.572. The van der Waals surface area contributed by atoms with Gasteiger partial charge in [0.15, 0.2) is 5.16 Å². The van der Waals surface area contributed by atoms with E-state index >= 15 is 0 Å². The molecule has 28 heavy (non-hydrogen) atoms. The van der Waals surface area contributed by atoms with Crippen LogP contribution in [0.2, 0.25) is 0 Å². The first-order chi connectivity index (χ1) is 13.7. The summed E-state index contributed by atoms with van der Waals surface area (Å²) in [6.07, 6.45) is 2.30. The first kappa shape index (κ1) is 18.2. The third-order valence-electron chi connectivity index (χ3n) is 4.18. The second-order valence-electron chi connectivity index (χ2n) is 6.14. The Hall–Kier alpha value is -3.13. The second kappa shape index (κ2) is 8.26. The standard InChI is InChI=1S/C20H17FN4O2S/c21-16-8-6-15(7-9-16)18-22-17(12-27-18)13-28-20-24-23-19(26)25(20)11-10-14-4-2-1-3-5-14/h1-9,12H,10-11,13H2,(H,23,26). The average molecular weight is 396 g/mol. The molecule has 8 heteroatoms. The van der Waals surface area contributed by atoms with E-state index in [9.17, 15) is 9.18 Å². The maximum atomic E-state index is 13.0. The molecule has 2 heterocycles. The fraction of sp³-hybridized carbons (Fsp3) is 0.150. The van der Waals surface area contributed by atoms with Crippen LogP contribution in [0.4, 0.5) is 4.39 Å². The predicted octanol–water partition coefficient (Wildman–Crippen LogP) is 3.90. The summed E-state index contributed by atoms with van der Waals surface area (Å²) < 4.78 is 20.1. The molecule has 6 nitrogen and oxygen atoms in total. The summed E-state index contributed by atoms with van der Waals surface area (Å²) in [6.45, 7) is 0.543. The molecule has 0 spiro atoms. The number of H-pyrrole nitrogens is 1. The van der Waals surface area contributed by atoms with Gasteiger partial charge in [-0.15, -0.1) is 5.10 Å². The molecular formula is C20H17FN4O2S. The van der Waals surface area contributed by atoms with E-state index in [4.69, 9.17) is 4.42 Å². The van der Waals surface area contributed by atoms with E-state index in [-0.39, 0.29) is 11.5 Å². The molecule has 0 amide bonds. The van der Waals surface area contributed by atoms with Gasteiger partial charge in [-0.05, 0) is 36.2 Å². The van der Waals surface area contributed by atoms with Crippen molar-refractivity contribution in [2.75, 3.05) is 0 Å². The average Bonchev–Trinajstić information content (AvgIpc) is 3.33. The molecule has 0 aliphatic rings. The summed E-state index contributed by atoms with van der Waals surface area (Å²) in [7, 11) is 0. The Labute approximate surface area is 164 Å². The largest absolute Gasteiger partial charge is 0.444 e. The number of nitrogens with zero attached hydrogens (tertiary/aromatic N) is 3. The van der Waals surface area contributed by atoms with Gasteiger partial charge in [0.1, 0.15) is 12.1 Å². The Morgan fingerprint density at radius 1 is 1.11 bits per heavy atom. The van der Waals surface area contributed by atoms with Crippen molar-refractivity contribution >= 4 is 11.8 Å². The minimum Gasteiger partial charge on any atom is -0.444 e. The molecule has 4 aromatic rings. The minimum absolute atomic E-state index is 0.231. The van der Waals surface area contributed by atoms with Crippen molar-refractivity contribution in [3.05, 3.63) is 88.4 Å². The maximum Gasteiger partial charge on any atom is 0.343 e. The van der Waals surface area contributed by atoms with Crippen LogP contribution in [0, 0.1) is 5.82 Å². The number of rotatable bonds is 7. The zero-order valence-electron chi connectivity index (χ0n) is 14.8. The van der Waals surface area contributed by atoms with Crippen LogP contribution in [0.1, 0.15) is 11.3 Å². The van der Waals surface area contributed by atoms with Crippen LogP contribution in [-0.4, -0.2) is 19.7 Å². The summed E-state index contributed by atoms with van der Waals surface area (Å²) in [5, 5.41) is 7.21. The van der Waals surface area contributed by atoms with E-state index in [2.05, 4.69) is 15.2 Å². The molecule has 0 aliphatic heterocycles. The normalized spacial score (nSPS) is 11.0. The van der Waals surface area contributed by atoms with Gasteiger partial charge in [-0.25, -0.2) is 19.3 Å². The number of benzene rings is 2. The zero-order valence-corrected chi connectivity index (χ0v) is 15.7. The van der Waals surface area contributed by atoms with Crippen molar-refractivity contribution in [1.29, 1.82) is 0 Å². The molecule has 0 saturated heterocycles. The highest BCUT2D eigenvalue weighted by Gasteiger charge is 2.12. The molecule has 0 atom stereocenters. The van der Waals surface area contributed by atoms with Crippen LogP contribution >= 0.6 is 11.8 Å². The number of hydrogen-bond donors (Lipinski definition) is 1. The minimum atomic E-state index is -0.307. The molecule has 1 N–H and O–H groups in total. The van der Waals surface area contributed by atoms with Crippen molar-refractivity contribution in [1.82, 2.24) is 19.7 Å². The van der Waals surface area contributed by atoms with Crippen molar-refractivity contribution in [3.63, 3.8) is 0 Å². The van der Waals surface area contributed by atoms with Gasteiger partial charge in [0.05, 0.1) is 5.69 Å². The first-order valence-electron chi connectivity index (χ1n) is 8.71. The smallest absolute Gasteiger partial charge is 0.343 e. The number of thioether (sulfide) groups is 1. The van der Waals surface area contributed by atoms with Gasteiger partial charge in [-0.2, -0.15) is 0 Å². The van der Waals surface area contributed by atoms with Crippen LogP contribution in [0.15, 0.2) is 75.2 Å². The van der Waals surface area contributed by atoms with E-state index in [1.807, 2.05) is 30.3 Å². The number of hydrogen-bond acceptors (Lipinski definition) is 5. The first-order valence-corrected chi connectivity index (χ1v) is 9.70. The number of aromatic nitrogens is 4. The lowest BCUT2D eigenvalue weighted by Gasteiger charge is -2.05. The second-order valence-corrected chi connectivity index (χ2v) is 7.08. The van der Waals surface area contributed by atoms with E-state index in [0.29, 0.717) is 28.9 Å². The highest BCUT2D eigenvalue weighted by atomic mass is 32.2. The summed E-state index contributed by atoms with van der Waals surface area (Å²) in [4.78, 5) is 16.5. The third kappa shape index (κ3) is 4.23. The Kier molecular flexibility index (Phi) is 5.38. The van der Waals surface area contributed by atoms with Gasteiger partial charge >= 0.3 is 5.69 Å². The van der Waals surface area contributed by atoms with Crippen molar-refractivity contribution in [2.24, 2.45) is 0 Å². The predicted molar refractivity (Wildman–Crippen MR) is 104 cm³/mol. The highest BCUT2D eigenvalue weighted by Crippen LogP contribution is 2.23. The summed E-state index contributed by atoms with van der Waals surface area (Å²) in [5.74, 6) is 0.623. The van der Waals surface area contributed by atoms with E-state index < -0.39 is 0 Å². The topological polar surface area (TPSA) is 76.7 Å². The Morgan fingerprint density at radius 2 is 1.89 bits per heavy atom. The molecular weight excluding hydrogens is 379 g/mol. The number of nitrogens with one attached hydrogen (secondary N) is 1. The Balaban J connectivity index is 1.41. The summed E-state index contributed by atoms with van der Waals surface area (Å²) in [5.41, 5.74) is 2.35. The van der Waals surface area contributed by atoms with Crippen LogP contribution in [0.25, 0.3) is 11.5 Å². The zero-order chi connectivity index (χ0) is 19.3. The molecule has 4 rings (SSSR count). The molecule has 142 valence electrons. The molecule has 0 saturated carbocycles. The van der Waals surface area contributed by atoms with Crippen LogP contribution in [-0.2, 0) is 18.7 Å². The van der Waals surface area contributed by atoms with Gasteiger partial charge in [-0.1, -0.05) is 42.1 Å². The fourth-order valence-electron chi connectivity index (χ4n) is 2.73. The molecule has 0 aliphatic carbocycles. The molecule has 0 radical (unpaired) electrons. The number of halogens is 1. The maximum absolute atomic E-state index is 13.0. The highest BCUT2D eigenvalue weighted by molar-refractivity contribution is 7.98. The van der Waals surface area contributed by atoms with Crippen LogP contribution < -0.4 is 5.69 Å². The number of oxazole rings is 1. The molecule has 0 bridgehead atoms. The van der Waals surface area contributed by atoms with E-state index in [1.165, 1.54) is 23.9 Å². The number of aryl methyl sites for hydroxylation is 1. The van der Waals surface area contributed by atoms with Crippen molar-refractivity contribution in [2.45, 2.75) is 23.9 Å². The lowest BCUT2D eigenvalue weighted by atomic mass is 10.1. The summed E-state index contributed by atoms with van der Waals surface area (Å²) in [6, 6.07) is 16.0. The van der Waals surface area contributed by atoms with Gasteiger partial charge in [0, 0.05) is 17.9 Å². The van der Waals surface area contributed by atoms with Gasteiger partial charge in [0.2, 0.25) is 5.89 Å². The van der Waals surface area contributed by atoms with E-state index in [0.717, 1.165) is 17.7 Å². The van der Waals surface area contributed by atoms with Crippen LogP contribution in [0.3, 0.4) is 0 Å². The molecule has 0 fully saturated rings. The van der Waals surface area contributed by atoms with Gasteiger partial charge < -0.3 is 4.42 Å². The quantitative estimate of drug-likeness (QED) is 0.480. The molecule has 2 aromatic heterocycles. The Morgan fingerprint density at radius 3 is 2.68 bits per heavy atom.